The predicted molar refractivity (Wildman–Crippen MR) is 93.9 cm³/mol. The molecule has 1 aliphatic rings. The van der Waals surface area contributed by atoms with Gasteiger partial charge in [-0.15, -0.1) is 0 Å². The van der Waals surface area contributed by atoms with E-state index in [1.165, 1.54) is 6.07 Å². The number of phenolic OH excluding ortho intramolecular Hbond substituents is 2. The van der Waals surface area contributed by atoms with Crippen molar-refractivity contribution in [3.63, 3.8) is 0 Å². The minimum absolute atomic E-state index is 0.0924. The summed E-state index contributed by atoms with van der Waals surface area (Å²) >= 11 is 0. The first-order chi connectivity index (χ1) is 11.2. The van der Waals surface area contributed by atoms with Crippen LogP contribution < -0.4 is 0 Å². The summed E-state index contributed by atoms with van der Waals surface area (Å²) in [5.41, 5.74) is 0.665. The Morgan fingerprint density at radius 2 is 1.96 bits per heavy atom. The maximum absolute atomic E-state index is 14.6. The van der Waals surface area contributed by atoms with Crippen molar-refractivity contribution >= 4 is 0 Å². The van der Waals surface area contributed by atoms with Gasteiger partial charge in [0.25, 0.3) is 0 Å². The zero-order chi connectivity index (χ0) is 18.1. The van der Waals surface area contributed by atoms with Crippen molar-refractivity contribution in [2.75, 3.05) is 0 Å². The fraction of sp³-hybridized carbons (Fsp3) is 0.600. The van der Waals surface area contributed by atoms with E-state index in [0.29, 0.717) is 12.0 Å². The molecule has 24 heavy (non-hydrogen) atoms. The molecular weight excluding hydrogens is 307 g/mol. The summed E-state index contributed by atoms with van der Waals surface area (Å²) in [5.74, 6) is -1.83. The highest BCUT2D eigenvalue weighted by molar-refractivity contribution is 5.52. The van der Waals surface area contributed by atoms with Crippen LogP contribution in [0.3, 0.4) is 0 Å². The maximum atomic E-state index is 14.6. The minimum Gasteiger partial charge on any atom is -0.507 e. The standard InChI is InChI=1S/C20H29FO3/c1-5-6-7-13-11-16(22)17(19(23)18(13)21)14-10-12(2)8-9-15(14)20(3,4)24/h10-11,14-15,22-24H,5-9H2,1-4H3. The van der Waals surface area contributed by atoms with Crippen molar-refractivity contribution in [1.82, 2.24) is 0 Å². The van der Waals surface area contributed by atoms with Gasteiger partial charge in [0.1, 0.15) is 5.75 Å². The van der Waals surface area contributed by atoms with Crippen LogP contribution in [0.25, 0.3) is 0 Å². The number of aryl methyl sites for hydroxylation is 1. The summed E-state index contributed by atoms with van der Waals surface area (Å²) in [7, 11) is 0. The number of aromatic hydroxyl groups is 2. The predicted octanol–water partition coefficient (Wildman–Crippen LogP) is 4.79. The summed E-state index contributed by atoms with van der Waals surface area (Å²) in [6.07, 6.45) is 5.71. The van der Waals surface area contributed by atoms with Crippen LogP contribution in [0.5, 0.6) is 11.5 Å². The summed E-state index contributed by atoms with van der Waals surface area (Å²) in [4.78, 5) is 0. The van der Waals surface area contributed by atoms with E-state index >= 15 is 0 Å². The Bertz CT molecular complexity index is 629. The molecule has 0 aromatic heterocycles. The van der Waals surface area contributed by atoms with Crippen LogP contribution >= 0.6 is 0 Å². The molecule has 0 saturated heterocycles. The lowest BCUT2D eigenvalue weighted by Gasteiger charge is -2.38. The molecule has 1 aliphatic carbocycles. The van der Waals surface area contributed by atoms with E-state index in [0.717, 1.165) is 31.3 Å². The monoisotopic (exact) mass is 336 g/mol. The lowest BCUT2D eigenvalue weighted by molar-refractivity contribution is 0.00414. The van der Waals surface area contributed by atoms with Crippen LogP contribution in [0, 0.1) is 11.7 Å². The van der Waals surface area contributed by atoms with E-state index in [1.54, 1.807) is 13.8 Å². The van der Waals surface area contributed by atoms with Gasteiger partial charge in [0, 0.05) is 11.5 Å². The van der Waals surface area contributed by atoms with Crippen LogP contribution in [0.15, 0.2) is 17.7 Å². The Hall–Kier alpha value is -1.55. The number of benzene rings is 1. The van der Waals surface area contributed by atoms with E-state index in [-0.39, 0.29) is 17.2 Å². The molecule has 3 N–H and O–H groups in total. The van der Waals surface area contributed by atoms with Crippen molar-refractivity contribution < 1.29 is 19.7 Å². The Kier molecular flexibility index (Phi) is 5.59. The number of halogens is 1. The molecule has 1 aromatic rings. The van der Waals surface area contributed by atoms with Crippen molar-refractivity contribution in [3.05, 3.63) is 34.7 Å². The molecular formula is C20H29FO3. The molecule has 0 heterocycles. The molecule has 0 aliphatic heterocycles. The highest BCUT2D eigenvalue weighted by Crippen LogP contribution is 2.48. The van der Waals surface area contributed by atoms with Crippen LogP contribution in [0.4, 0.5) is 4.39 Å². The molecule has 0 amide bonds. The van der Waals surface area contributed by atoms with Crippen LogP contribution in [-0.4, -0.2) is 20.9 Å². The van der Waals surface area contributed by atoms with Gasteiger partial charge < -0.3 is 15.3 Å². The van der Waals surface area contributed by atoms with E-state index in [9.17, 15) is 19.7 Å². The second-order valence-electron chi connectivity index (χ2n) is 7.57. The smallest absolute Gasteiger partial charge is 0.168 e. The molecule has 134 valence electrons. The van der Waals surface area contributed by atoms with Crippen molar-refractivity contribution in [2.45, 2.75) is 71.3 Å². The molecule has 2 unspecified atom stereocenters. The SMILES string of the molecule is CCCCc1cc(O)c(C2C=C(C)CCC2C(C)(C)O)c(O)c1F. The third-order valence-corrected chi connectivity index (χ3v) is 5.12. The van der Waals surface area contributed by atoms with E-state index < -0.39 is 23.1 Å². The molecule has 3 nitrogen and oxygen atoms in total. The topological polar surface area (TPSA) is 60.7 Å². The van der Waals surface area contributed by atoms with Crippen molar-refractivity contribution in [2.24, 2.45) is 5.92 Å². The largest absolute Gasteiger partial charge is 0.507 e. The molecule has 0 bridgehead atoms. The van der Waals surface area contributed by atoms with Crippen LogP contribution in [-0.2, 0) is 6.42 Å². The van der Waals surface area contributed by atoms with Gasteiger partial charge in [-0.25, -0.2) is 4.39 Å². The first-order valence-electron chi connectivity index (χ1n) is 8.79. The fourth-order valence-electron chi connectivity index (χ4n) is 3.72. The zero-order valence-electron chi connectivity index (χ0n) is 15.1. The lowest BCUT2D eigenvalue weighted by atomic mass is 9.69. The lowest BCUT2D eigenvalue weighted by Crippen LogP contribution is -2.36. The van der Waals surface area contributed by atoms with Gasteiger partial charge in [0.05, 0.1) is 5.60 Å². The number of rotatable bonds is 5. The summed E-state index contributed by atoms with van der Waals surface area (Å²) in [6, 6.07) is 1.43. The van der Waals surface area contributed by atoms with E-state index in [4.69, 9.17) is 0 Å². The first-order valence-corrected chi connectivity index (χ1v) is 8.79. The van der Waals surface area contributed by atoms with Crippen molar-refractivity contribution in [1.29, 1.82) is 0 Å². The minimum atomic E-state index is -0.988. The Labute approximate surface area is 143 Å². The molecule has 2 rings (SSSR count). The van der Waals surface area contributed by atoms with Crippen molar-refractivity contribution in [3.8, 4) is 11.5 Å². The van der Waals surface area contributed by atoms with Gasteiger partial charge in [-0.1, -0.05) is 25.0 Å². The van der Waals surface area contributed by atoms with Gasteiger partial charge in [-0.05, 0) is 64.0 Å². The molecule has 0 saturated carbocycles. The highest BCUT2D eigenvalue weighted by atomic mass is 19.1. The summed E-state index contributed by atoms with van der Waals surface area (Å²) in [6.45, 7) is 7.43. The number of unbranched alkanes of at least 4 members (excludes halogenated alkanes) is 1. The van der Waals surface area contributed by atoms with Gasteiger partial charge in [-0.2, -0.15) is 0 Å². The Morgan fingerprint density at radius 1 is 1.29 bits per heavy atom. The third-order valence-electron chi connectivity index (χ3n) is 5.12. The molecule has 2 atom stereocenters. The maximum Gasteiger partial charge on any atom is 0.168 e. The number of allylic oxidation sites excluding steroid dienone is 2. The fourth-order valence-corrected chi connectivity index (χ4v) is 3.72. The highest BCUT2D eigenvalue weighted by Gasteiger charge is 2.38. The molecule has 4 heteroatoms. The molecule has 0 radical (unpaired) electrons. The average molecular weight is 336 g/mol. The zero-order valence-corrected chi connectivity index (χ0v) is 15.1. The van der Waals surface area contributed by atoms with Gasteiger partial charge in [0.15, 0.2) is 11.6 Å². The van der Waals surface area contributed by atoms with Gasteiger partial charge in [0.2, 0.25) is 0 Å². The Morgan fingerprint density at radius 3 is 2.54 bits per heavy atom. The Balaban J connectivity index is 2.53. The first kappa shape index (κ1) is 18.8. The summed E-state index contributed by atoms with van der Waals surface area (Å²) < 4.78 is 14.6. The average Bonchev–Trinajstić information content (AvgIpc) is 2.48. The number of aliphatic hydroxyl groups is 1. The molecule has 0 spiro atoms. The summed E-state index contributed by atoms with van der Waals surface area (Å²) in [5, 5.41) is 31.4. The molecule has 1 aromatic carbocycles. The number of phenols is 2. The van der Waals surface area contributed by atoms with E-state index in [2.05, 4.69) is 0 Å². The number of hydrogen-bond donors (Lipinski definition) is 3. The third kappa shape index (κ3) is 3.75. The van der Waals surface area contributed by atoms with Crippen LogP contribution in [0.1, 0.15) is 70.4 Å². The second-order valence-corrected chi connectivity index (χ2v) is 7.57. The van der Waals surface area contributed by atoms with Gasteiger partial charge in [-0.3, -0.25) is 0 Å². The second kappa shape index (κ2) is 7.14. The molecule has 0 fully saturated rings. The van der Waals surface area contributed by atoms with Gasteiger partial charge >= 0.3 is 0 Å². The quantitative estimate of drug-likeness (QED) is 0.678. The number of hydrogen-bond acceptors (Lipinski definition) is 3. The van der Waals surface area contributed by atoms with E-state index in [1.807, 2.05) is 19.9 Å². The van der Waals surface area contributed by atoms with Crippen LogP contribution in [0.2, 0.25) is 0 Å². The normalized spacial score (nSPS) is 21.7.